The summed E-state index contributed by atoms with van der Waals surface area (Å²) in [6, 6.07) is 10.5. The molecule has 1 N–H and O–H groups in total. The van der Waals surface area contributed by atoms with Gasteiger partial charge in [0.05, 0.1) is 10.6 Å². The molecule has 0 heterocycles. The van der Waals surface area contributed by atoms with Crippen LogP contribution in [0.3, 0.4) is 0 Å². The summed E-state index contributed by atoms with van der Waals surface area (Å²) in [6.45, 7) is 6.09. The third-order valence-corrected chi connectivity index (χ3v) is 3.18. The first-order chi connectivity index (χ1) is 10.5. The Morgan fingerprint density at radius 1 is 0.913 bits per heavy atom. The highest BCUT2D eigenvalue weighted by Crippen LogP contribution is 2.37. The number of hydrogen-bond donors (Lipinski definition) is 1. The molecule has 124 valence electrons. The zero-order chi connectivity index (χ0) is 17.3. The van der Waals surface area contributed by atoms with E-state index in [-0.39, 0.29) is 16.3 Å². The Kier molecular flexibility index (Phi) is 4.80. The average Bonchev–Trinajstić information content (AvgIpc) is 2.40. The molecule has 0 aromatic heterocycles. The van der Waals surface area contributed by atoms with Gasteiger partial charge in [0.15, 0.2) is 0 Å². The van der Waals surface area contributed by atoms with E-state index in [1.54, 1.807) is 24.3 Å². The van der Waals surface area contributed by atoms with E-state index in [0.717, 1.165) is 11.8 Å². The van der Waals surface area contributed by atoms with Crippen LogP contribution in [0.15, 0.2) is 42.5 Å². The second-order valence-corrected chi connectivity index (χ2v) is 6.55. The highest BCUT2D eigenvalue weighted by Gasteiger charge is 2.33. The van der Waals surface area contributed by atoms with Crippen LogP contribution in [0, 0.1) is 0 Å². The predicted molar refractivity (Wildman–Crippen MR) is 86.3 cm³/mol. The summed E-state index contributed by atoms with van der Waals surface area (Å²) in [5.41, 5.74) is -0.0974. The third-order valence-electron chi connectivity index (χ3n) is 2.85. The normalized spacial score (nSPS) is 12.1. The van der Waals surface area contributed by atoms with Gasteiger partial charge in [-0.2, -0.15) is 13.2 Å². The summed E-state index contributed by atoms with van der Waals surface area (Å²) in [5, 5.41) is 2.93. The number of nitrogens with one attached hydrogen (secondary N) is 1. The molecular formula is C17H17ClF3NO. The number of rotatable bonds is 3. The van der Waals surface area contributed by atoms with Gasteiger partial charge in [0.1, 0.15) is 11.5 Å². The van der Waals surface area contributed by atoms with Crippen molar-refractivity contribution < 1.29 is 17.9 Å². The number of alkyl halides is 3. The SMILES string of the molecule is CC(C)(C)Nc1ccc(Oc2ccc(Cl)c(C(F)(F)F)c2)cc1. The lowest BCUT2D eigenvalue weighted by molar-refractivity contribution is -0.137. The van der Waals surface area contributed by atoms with Gasteiger partial charge in [0, 0.05) is 11.2 Å². The van der Waals surface area contributed by atoms with Crippen molar-refractivity contribution in [2.24, 2.45) is 0 Å². The quantitative estimate of drug-likeness (QED) is 0.700. The molecule has 2 rings (SSSR count). The molecule has 2 aromatic carbocycles. The maximum atomic E-state index is 12.8. The van der Waals surface area contributed by atoms with Crippen LogP contribution in [0.2, 0.25) is 5.02 Å². The summed E-state index contributed by atoms with van der Waals surface area (Å²) >= 11 is 5.58. The molecule has 2 aromatic rings. The van der Waals surface area contributed by atoms with Gasteiger partial charge < -0.3 is 10.1 Å². The maximum absolute atomic E-state index is 12.8. The fraction of sp³-hybridized carbons (Fsp3) is 0.294. The topological polar surface area (TPSA) is 21.3 Å². The molecule has 0 spiro atoms. The van der Waals surface area contributed by atoms with E-state index in [1.165, 1.54) is 12.1 Å². The van der Waals surface area contributed by atoms with E-state index < -0.39 is 11.7 Å². The molecular weight excluding hydrogens is 327 g/mol. The summed E-state index contributed by atoms with van der Waals surface area (Å²) in [5.74, 6) is 0.526. The van der Waals surface area contributed by atoms with Gasteiger partial charge in [-0.3, -0.25) is 0 Å². The predicted octanol–water partition coefficient (Wildman–Crippen LogP) is 6.36. The first-order valence-electron chi connectivity index (χ1n) is 6.97. The molecule has 0 atom stereocenters. The minimum atomic E-state index is -4.52. The van der Waals surface area contributed by atoms with Crippen molar-refractivity contribution in [1.29, 1.82) is 0 Å². The second-order valence-electron chi connectivity index (χ2n) is 6.14. The average molecular weight is 344 g/mol. The summed E-state index contributed by atoms with van der Waals surface area (Å²) in [4.78, 5) is 0. The van der Waals surface area contributed by atoms with Gasteiger partial charge in [-0.1, -0.05) is 11.6 Å². The Hall–Kier alpha value is -1.88. The van der Waals surface area contributed by atoms with Gasteiger partial charge >= 0.3 is 6.18 Å². The van der Waals surface area contributed by atoms with Gasteiger partial charge in [-0.05, 0) is 63.2 Å². The number of benzene rings is 2. The van der Waals surface area contributed by atoms with Gasteiger partial charge in [0.2, 0.25) is 0 Å². The summed E-state index contributed by atoms with van der Waals surface area (Å²) in [7, 11) is 0. The molecule has 0 radical (unpaired) electrons. The lowest BCUT2D eigenvalue weighted by atomic mass is 10.1. The first-order valence-corrected chi connectivity index (χ1v) is 7.35. The second kappa shape index (κ2) is 6.32. The minimum absolute atomic E-state index is 0.0817. The van der Waals surface area contributed by atoms with Gasteiger partial charge in [-0.15, -0.1) is 0 Å². The van der Waals surface area contributed by atoms with E-state index >= 15 is 0 Å². The summed E-state index contributed by atoms with van der Waals surface area (Å²) in [6.07, 6.45) is -4.52. The van der Waals surface area contributed by atoms with Crippen LogP contribution in [0.4, 0.5) is 18.9 Å². The Labute approximate surface area is 138 Å². The van der Waals surface area contributed by atoms with Crippen molar-refractivity contribution in [2.45, 2.75) is 32.5 Å². The number of hydrogen-bond acceptors (Lipinski definition) is 2. The third kappa shape index (κ3) is 5.06. The van der Waals surface area contributed by atoms with Crippen LogP contribution in [0.5, 0.6) is 11.5 Å². The Balaban J connectivity index is 2.17. The highest BCUT2D eigenvalue weighted by atomic mass is 35.5. The molecule has 0 aliphatic rings. The van der Waals surface area contributed by atoms with Crippen molar-refractivity contribution in [3.8, 4) is 11.5 Å². The van der Waals surface area contributed by atoms with E-state index in [4.69, 9.17) is 16.3 Å². The lowest BCUT2D eigenvalue weighted by Gasteiger charge is -2.22. The molecule has 6 heteroatoms. The van der Waals surface area contributed by atoms with E-state index in [1.807, 2.05) is 20.8 Å². The molecule has 0 bridgehead atoms. The lowest BCUT2D eigenvalue weighted by Crippen LogP contribution is -2.25. The van der Waals surface area contributed by atoms with Crippen LogP contribution in [0.1, 0.15) is 26.3 Å². The molecule has 2 nitrogen and oxygen atoms in total. The van der Waals surface area contributed by atoms with Crippen LogP contribution >= 0.6 is 11.6 Å². The molecule has 0 saturated heterocycles. The maximum Gasteiger partial charge on any atom is 0.417 e. The Morgan fingerprint density at radius 2 is 1.48 bits per heavy atom. The fourth-order valence-corrected chi connectivity index (χ4v) is 2.19. The standard InChI is InChI=1S/C17H17ClF3NO/c1-16(2,3)22-11-4-6-12(7-5-11)23-13-8-9-15(18)14(10-13)17(19,20)21/h4-10,22H,1-3H3. The number of ether oxygens (including phenoxy) is 1. The molecule has 0 aliphatic heterocycles. The smallest absolute Gasteiger partial charge is 0.417 e. The molecule has 23 heavy (non-hydrogen) atoms. The van der Waals surface area contributed by atoms with Crippen LogP contribution in [-0.2, 0) is 6.18 Å². The van der Waals surface area contributed by atoms with Crippen LogP contribution in [-0.4, -0.2) is 5.54 Å². The van der Waals surface area contributed by atoms with Gasteiger partial charge in [-0.25, -0.2) is 0 Å². The molecule has 0 aliphatic carbocycles. The molecule has 0 saturated carbocycles. The summed E-state index contributed by atoms with van der Waals surface area (Å²) < 4.78 is 44.0. The van der Waals surface area contributed by atoms with Crippen molar-refractivity contribution in [3.63, 3.8) is 0 Å². The van der Waals surface area contributed by atoms with E-state index in [2.05, 4.69) is 5.32 Å². The van der Waals surface area contributed by atoms with E-state index in [0.29, 0.717) is 5.75 Å². The van der Waals surface area contributed by atoms with Gasteiger partial charge in [0.25, 0.3) is 0 Å². The van der Waals surface area contributed by atoms with Crippen molar-refractivity contribution >= 4 is 17.3 Å². The monoisotopic (exact) mass is 343 g/mol. The largest absolute Gasteiger partial charge is 0.457 e. The van der Waals surface area contributed by atoms with Crippen LogP contribution < -0.4 is 10.1 Å². The first kappa shape index (κ1) is 17.5. The molecule has 0 unspecified atom stereocenters. The Morgan fingerprint density at radius 3 is 2.00 bits per heavy atom. The number of anilines is 1. The zero-order valence-electron chi connectivity index (χ0n) is 13.0. The van der Waals surface area contributed by atoms with Crippen molar-refractivity contribution in [2.75, 3.05) is 5.32 Å². The highest BCUT2D eigenvalue weighted by molar-refractivity contribution is 6.31. The zero-order valence-corrected chi connectivity index (χ0v) is 13.7. The van der Waals surface area contributed by atoms with E-state index in [9.17, 15) is 13.2 Å². The molecule has 0 fully saturated rings. The van der Waals surface area contributed by atoms with Crippen molar-refractivity contribution in [1.82, 2.24) is 0 Å². The number of halogens is 4. The Bertz CT molecular complexity index is 676. The fourth-order valence-electron chi connectivity index (χ4n) is 1.96. The molecule has 0 amide bonds. The minimum Gasteiger partial charge on any atom is -0.457 e. The van der Waals surface area contributed by atoms with Crippen molar-refractivity contribution in [3.05, 3.63) is 53.1 Å². The van der Waals surface area contributed by atoms with Crippen LogP contribution in [0.25, 0.3) is 0 Å².